The summed E-state index contributed by atoms with van der Waals surface area (Å²) < 4.78 is 0. The zero-order chi connectivity index (χ0) is 9.97. The van der Waals surface area contributed by atoms with E-state index in [9.17, 15) is 0 Å². The van der Waals surface area contributed by atoms with E-state index in [2.05, 4.69) is 6.08 Å². The van der Waals surface area contributed by atoms with Gasteiger partial charge in [-0.1, -0.05) is 53.6 Å². The van der Waals surface area contributed by atoms with E-state index in [1.165, 1.54) is 0 Å². The van der Waals surface area contributed by atoms with Crippen LogP contribution < -0.4 is 0 Å². The van der Waals surface area contributed by atoms with Crippen molar-refractivity contribution in [1.29, 1.82) is 0 Å². The summed E-state index contributed by atoms with van der Waals surface area (Å²) in [7, 11) is 0. The van der Waals surface area contributed by atoms with Crippen molar-refractivity contribution in [3.63, 3.8) is 0 Å². The molecule has 0 unspecified atom stereocenters. The van der Waals surface area contributed by atoms with Gasteiger partial charge in [0.2, 0.25) is 0 Å². The number of allylic oxidation sites excluding steroid dienone is 4. The number of hydrogen-bond acceptors (Lipinski definition) is 0. The number of rotatable bonds is 1. The zero-order valence-electron chi connectivity index (χ0n) is 7.63. The Morgan fingerprint density at radius 1 is 1.07 bits per heavy atom. The molecule has 2 rings (SSSR count). The topological polar surface area (TPSA) is 0 Å². The Morgan fingerprint density at radius 3 is 2.57 bits per heavy atom. The van der Waals surface area contributed by atoms with Gasteiger partial charge in [-0.05, 0) is 24.5 Å². The van der Waals surface area contributed by atoms with Crippen LogP contribution in [0, 0.1) is 0 Å². The monoisotopic (exact) mass is 224 g/mol. The van der Waals surface area contributed by atoms with E-state index >= 15 is 0 Å². The van der Waals surface area contributed by atoms with Crippen LogP contribution in [0.3, 0.4) is 0 Å². The van der Waals surface area contributed by atoms with Crippen molar-refractivity contribution in [2.75, 3.05) is 0 Å². The molecule has 2 heteroatoms. The predicted octanol–water partition coefficient (Wildman–Crippen LogP) is 4.64. The maximum absolute atomic E-state index is 6.16. The molecule has 1 aromatic rings. The molecule has 0 saturated heterocycles. The van der Waals surface area contributed by atoms with Crippen LogP contribution in [0.15, 0.2) is 41.4 Å². The van der Waals surface area contributed by atoms with E-state index < -0.39 is 0 Å². The van der Waals surface area contributed by atoms with Crippen molar-refractivity contribution in [3.05, 3.63) is 52.0 Å². The zero-order valence-corrected chi connectivity index (χ0v) is 9.15. The number of benzene rings is 1. The Hall–Kier alpha value is -0.720. The molecule has 1 aliphatic carbocycles. The average molecular weight is 225 g/mol. The van der Waals surface area contributed by atoms with Gasteiger partial charge in [0, 0.05) is 15.6 Å². The van der Waals surface area contributed by atoms with E-state index in [0.29, 0.717) is 0 Å². The molecule has 0 spiro atoms. The van der Waals surface area contributed by atoms with Crippen LogP contribution in [-0.4, -0.2) is 0 Å². The van der Waals surface area contributed by atoms with E-state index in [0.717, 1.165) is 34.0 Å². The van der Waals surface area contributed by atoms with Gasteiger partial charge in [0.05, 0.1) is 0 Å². The molecule has 14 heavy (non-hydrogen) atoms. The summed E-state index contributed by atoms with van der Waals surface area (Å²) in [6, 6.07) is 7.78. The minimum atomic E-state index is 0.757. The Kier molecular flexibility index (Phi) is 2.95. The van der Waals surface area contributed by atoms with E-state index in [1.54, 1.807) is 0 Å². The van der Waals surface area contributed by atoms with Crippen LogP contribution in [-0.2, 0) is 0 Å². The van der Waals surface area contributed by atoms with Crippen molar-refractivity contribution in [3.8, 4) is 0 Å². The summed E-state index contributed by atoms with van der Waals surface area (Å²) in [4.78, 5) is 0. The molecule has 0 fully saturated rings. The second-order valence-electron chi connectivity index (χ2n) is 3.24. The fourth-order valence-corrected chi connectivity index (χ4v) is 2.06. The number of hydrogen-bond donors (Lipinski definition) is 0. The molecular weight excluding hydrogens is 215 g/mol. The molecule has 1 aliphatic rings. The van der Waals surface area contributed by atoms with Crippen LogP contribution in [0.2, 0.25) is 5.02 Å². The quantitative estimate of drug-likeness (QED) is 0.653. The lowest BCUT2D eigenvalue weighted by atomic mass is 9.99. The predicted molar refractivity (Wildman–Crippen MR) is 62.6 cm³/mol. The van der Waals surface area contributed by atoms with Gasteiger partial charge in [0.1, 0.15) is 0 Å². The third-order valence-electron chi connectivity index (χ3n) is 2.27. The van der Waals surface area contributed by atoms with Gasteiger partial charge >= 0.3 is 0 Å². The van der Waals surface area contributed by atoms with Crippen LogP contribution in [0.1, 0.15) is 18.4 Å². The first-order valence-corrected chi connectivity index (χ1v) is 5.35. The SMILES string of the molecule is ClC1=C(c2ccccc2Cl)C=CCC1. The van der Waals surface area contributed by atoms with E-state index in [4.69, 9.17) is 23.2 Å². The molecule has 0 bridgehead atoms. The summed E-state index contributed by atoms with van der Waals surface area (Å²) in [5.74, 6) is 0. The van der Waals surface area contributed by atoms with Gasteiger partial charge in [-0.15, -0.1) is 0 Å². The molecule has 0 radical (unpaired) electrons. The van der Waals surface area contributed by atoms with Crippen molar-refractivity contribution < 1.29 is 0 Å². The average Bonchev–Trinajstić information content (AvgIpc) is 2.20. The third-order valence-corrected chi connectivity index (χ3v) is 2.99. The molecule has 0 N–H and O–H groups in total. The lowest BCUT2D eigenvalue weighted by Crippen LogP contribution is -1.90. The second-order valence-corrected chi connectivity index (χ2v) is 4.10. The minimum Gasteiger partial charge on any atom is -0.0885 e. The van der Waals surface area contributed by atoms with Gasteiger partial charge in [-0.25, -0.2) is 0 Å². The standard InChI is InChI=1S/C12H10Cl2/c13-11-7-3-1-5-9(11)10-6-2-4-8-12(10)14/h1-3,5-7H,4,8H2. The van der Waals surface area contributed by atoms with Gasteiger partial charge in [-0.2, -0.15) is 0 Å². The maximum atomic E-state index is 6.16. The molecule has 1 aromatic carbocycles. The first-order chi connectivity index (χ1) is 6.79. The van der Waals surface area contributed by atoms with Gasteiger partial charge in [0.15, 0.2) is 0 Å². The summed E-state index contributed by atoms with van der Waals surface area (Å²) in [5.41, 5.74) is 2.08. The van der Waals surface area contributed by atoms with Gasteiger partial charge in [-0.3, -0.25) is 0 Å². The highest BCUT2D eigenvalue weighted by Gasteiger charge is 2.10. The van der Waals surface area contributed by atoms with Crippen LogP contribution in [0.25, 0.3) is 5.57 Å². The maximum Gasteiger partial charge on any atom is 0.0484 e. The molecule has 0 nitrogen and oxygen atoms in total. The smallest absolute Gasteiger partial charge is 0.0484 e. The van der Waals surface area contributed by atoms with Crippen molar-refractivity contribution in [2.45, 2.75) is 12.8 Å². The molecule has 0 atom stereocenters. The molecule has 72 valence electrons. The largest absolute Gasteiger partial charge is 0.0885 e. The van der Waals surface area contributed by atoms with Crippen LogP contribution >= 0.6 is 23.2 Å². The minimum absolute atomic E-state index is 0.757. The summed E-state index contributed by atoms with van der Waals surface area (Å²) >= 11 is 12.3. The van der Waals surface area contributed by atoms with E-state index in [1.807, 2.05) is 30.3 Å². The van der Waals surface area contributed by atoms with Crippen molar-refractivity contribution >= 4 is 28.8 Å². The summed E-state index contributed by atoms with van der Waals surface area (Å²) in [6.45, 7) is 0. The van der Waals surface area contributed by atoms with Gasteiger partial charge in [0.25, 0.3) is 0 Å². The number of halogens is 2. The lowest BCUT2D eigenvalue weighted by molar-refractivity contribution is 1.02. The third kappa shape index (κ3) is 1.87. The first-order valence-electron chi connectivity index (χ1n) is 4.59. The highest BCUT2D eigenvalue weighted by Crippen LogP contribution is 2.33. The molecular formula is C12H10Cl2. The van der Waals surface area contributed by atoms with Crippen LogP contribution in [0.5, 0.6) is 0 Å². The normalized spacial score (nSPS) is 16.1. The second kappa shape index (κ2) is 4.20. The Bertz CT molecular complexity index is 403. The summed E-state index contributed by atoms with van der Waals surface area (Å²) in [5, 5.41) is 1.66. The van der Waals surface area contributed by atoms with Crippen molar-refractivity contribution in [1.82, 2.24) is 0 Å². The lowest BCUT2D eigenvalue weighted by Gasteiger charge is -2.12. The molecule has 0 aromatic heterocycles. The highest BCUT2D eigenvalue weighted by molar-refractivity contribution is 6.36. The fourth-order valence-electron chi connectivity index (χ4n) is 1.55. The highest BCUT2D eigenvalue weighted by atomic mass is 35.5. The Balaban J connectivity index is 2.49. The Labute approximate surface area is 93.8 Å². The van der Waals surface area contributed by atoms with Crippen molar-refractivity contribution in [2.24, 2.45) is 0 Å². The first kappa shape index (κ1) is 9.82. The molecule has 0 aliphatic heterocycles. The van der Waals surface area contributed by atoms with Crippen LogP contribution in [0.4, 0.5) is 0 Å². The molecule has 0 heterocycles. The molecule has 0 amide bonds. The van der Waals surface area contributed by atoms with E-state index in [-0.39, 0.29) is 0 Å². The summed E-state index contributed by atoms with van der Waals surface area (Å²) in [6.07, 6.45) is 6.11. The fraction of sp³-hybridized carbons (Fsp3) is 0.167. The Morgan fingerprint density at radius 2 is 1.86 bits per heavy atom. The molecule has 0 saturated carbocycles. The van der Waals surface area contributed by atoms with Gasteiger partial charge < -0.3 is 0 Å².